The summed E-state index contributed by atoms with van der Waals surface area (Å²) in [6.07, 6.45) is 4.18. The van der Waals surface area contributed by atoms with Gasteiger partial charge in [0, 0.05) is 17.1 Å². The van der Waals surface area contributed by atoms with Crippen LogP contribution in [0, 0.1) is 5.92 Å². The van der Waals surface area contributed by atoms with E-state index in [0.717, 1.165) is 22.9 Å². The number of para-hydroxylation sites is 1. The van der Waals surface area contributed by atoms with Crippen molar-refractivity contribution in [3.05, 3.63) is 42.1 Å². The molecule has 0 unspecified atom stereocenters. The fraction of sp³-hybridized carbons (Fsp3) is 0.312. The molecule has 5 nitrogen and oxygen atoms in total. The fourth-order valence-corrected chi connectivity index (χ4v) is 1.98. The monoisotopic (exact) mass is 284 g/mol. The van der Waals surface area contributed by atoms with Gasteiger partial charge in [-0.15, -0.1) is 0 Å². The summed E-state index contributed by atoms with van der Waals surface area (Å²) in [6, 6.07) is 9.14. The minimum absolute atomic E-state index is 0.124. The summed E-state index contributed by atoms with van der Waals surface area (Å²) in [5.41, 5.74) is 10.0. The van der Waals surface area contributed by atoms with E-state index in [2.05, 4.69) is 15.5 Å². The van der Waals surface area contributed by atoms with Crippen LogP contribution < -0.4 is 11.2 Å². The highest BCUT2D eigenvalue weighted by molar-refractivity contribution is 5.97. The van der Waals surface area contributed by atoms with Gasteiger partial charge in [-0.25, -0.2) is 5.43 Å². The molecule has 1 amide bonds. The maximum absolute atomic E-state index is 11.8. The lowest BCUT2D eigenvalue weighted by molar-refractivity contribution is -0.123. The highest BCUT2D eigenvalue weighted by atomic mass is 16.2. The molecule has 0 radical (unpaired) electrons. The van der Waals surface area contributed by atoms with Crippen molar-refractivity contribution in [3.8, 4) is 0 Å². The number of hydrazone groups is 1. The van der Waals surface area contributed by atoms with Crippen LogP contribution in [-0.4, -0.2) is 23.1 Å². The van der Waals surface area contributed by atoms with E-state index in [1.807, 2.05) is 44.2 Å². The van der Waals surface area contributed by atoms with Gasteiger partial charge in [0.15, 0.2) is 0 Å². The second-order valence-corrected chi connectivity index (χ2v) is 5.07. The molecular formula is C16H20N4O. The van der Waals surface area contributed by atoms with E-state index in [4.69, 9.17) is 5.73 Å². The number of aromatic nitrogens is 1. The van der Waals surface area contributed by atoms with Gasteiger partial charge >= 0.3 is 0 Å². The van der Waals surface area contributed by atoms with Crippen LogP contribution in [0.25, 0.3) is 10.9 Å². The number of hydrogen-bond acceptors (Lipinski definition) is 4. The molecule has 0 aliphatic rings. The molecule has 0 fully saturated rings. The summed E-state index contributed by atoms with van der Waals surface area (Å²) in [5, 5.41) is 5.02. The van der Waals surface area contributed by atoms with Crippen molar-refractivity contribution in [1.82, 2.24) is 10.4 Å². The molecule has 1 heterocycles. The zero-order chi connectivity index (χ0) is 15.2. The molecule has 1 aromatic carbocycles. The van der Waals surface area contributed by atoms with E-state index < -0.39 is 6.04 Å². The van der Waals surface area contributed by atoms with Crippen molar-refractivity contribution in [2.24, 2.45) is 16.8 Å². The van der Waals surface area contributed by atoms with E-state index in [0.29, 0.717) is 0 Å². The molecule has 2 rings (SSSR count). The average molecular weight is 284 g/mol. The Balaban J connectivity index is 2.09. The summed E-state index contributed by atoms with van der Waals surface area (Å²) in [5.74, 6) is -0.145. The van der Waals surface area contributed by atoms with Crippen molar-refractivity contribution >= 4 is 23.0 Å². The van der Waals surface area contributed by atoms with Crippen molar-refractivity contribution < 1.29 is 4.79 Å². The Morgan fingerprint density at radius 2 is 2.19 bits per heavy atom. The second-order valence-electron chi connectivity index (χ2n) is 5.07. The normalized spacial score (nSPS) is 14.2. The number of nitrogens with zero attached hydrogens (tertiary/aromatic N) is 2. The number of fused-ring (bicyclic) bond motifs is 1. The number of hydrogen-bond donors (Lipinski definition) is 2. The molecule has 21 heavy (non-hydrogen) atoms. The van der Waals surface area contributed by atoms with Gasteiger partial charge < -0.3 is 5.73 Å². The predicted octanol–water partition coefficient (Wildman–Crippen LogP) is 2.06. The zero-order valence-electron chi connectivity index (χ0n) is 12.3. The SMILES string of the molecule is CC[C@H](C)[C@@H](N)C(=O)N/N=C\c1cccc2cccnc12. The topological polar surface area (TPSA) is 80.4 Å². The molecule has 2 atom stereocenters. The van der Waals surface area contributed by atoms with Crippen molar-refractivity contribution in [1.29, 1.82) is 0 Å². The third kappa shape index (κ3) is 3.64. The lowest BCUT2D eigenvalue weighted by atomic mass is 10.00. The van der Waals surface area contributed by atoms with Crippen molar-refractivity contribution in [2.75, 3.05) is 0 Å². The number of pyridine rings is 1. The van der Waals surface area contributed by atoms with Gasteiger partial charge in [-0.2, -0.15) is 5.10 Å². The van der Waals surface area contributed by atoms with Crippen LogP contribution in [0.5, 0.6) is 0 Å². The van der Waals surface area contributed by atoms with Crippen molar-refractivity contribution in [2.45, 2.75) is 26.3 Å². The van der Waals surface area contributed by atoms with E-state index in [1.165, 1.54) is 0 Å². The molecule has 2 aromatic rings. The molecule has 0 aliphatic carbocycles. The predicted molar refractivity (Wildman–Crippen MR) is 84.9 cm³/mol. The third-order valence-electron chi connectivity index (χ3n) is 3.60. The largest absolute Gasteiger partial charge is 0.320 e. The first-order chi connectivity index (χ1) is 10.1. The first kappa shape index (κ1) is 15.1. The van der Waals surface area contributed by atoms with Crippen LogP contribution in [0.3, 0.4) is 0 Å². The summed E-state index contributed by atoms with van der Waals surface area (Å²) in [4.78, 5) is 16.2. The Hall–Kier alpha value is -2.27. The summed E-state index contributed by atoms with van der Waals surface area (Å²) >= 11 is 0. The smallest absolute Gasteiger partial charge is 0.257 e. The Kier molecular flexibility index (Phi) is 5.00. The van der Waals surface area contributed by atoms with Crippen LogP contribution in [0.15, 0.2) is 41.6 Å². The lowest BCUT2D eigenvalue weighted by Crippen LogP contribution is -2.42. The van der Waals surface area contributed by atoms with E-state index >= 15 is 0 Å². The second kappa shape index (κ2) is 6.95. The number of amides is 1. The number of carbonyl (C=O) groups is 1. The Labute approximate surface area is 124 Å². The zero-order valence-corrected chi connectivity index (χ0v) is 12.3. The highest BCUT2D eigenvalue weighted by Crippen LogP contribution is 2.13. The molecule has 110 valence electrons. The summed E-state index contributed by atoms with van der Waals surface area (Å²) in [6.45, 7) is 3.95. The van der Waals surface area contributed by atoms with Crippen LogP contribution in [-0.2, 0) is 4.79 Å². The van der Waals surface area contributed by atoms with Crippen LogP contribution in [0.4, 0.5) is 0 Å². The van der Waals surface area contributed by atoms with Gasteiger partial charge in [-0.1, -0.05) is 44.5 Å². The number of carbonyl (C=O) groups excluding carboxylic acids is 1. The minimum atomic E-state index is -0.544. The first-order valence-electron chi connectivity index (χ1n) is 7.05. The van der Waals surface area contributed by atoms with Crippen LogP contribution in [0.2, 0.25) is 0 Å². The number of rotatable bonds is 5. The first-order valence-corrected chi connectivity index (χ1v) is 7.05. The maximum Gasteiger partial charge on any atom is 0.257 e. The number of nitrogens with two attached hydrogens (primary N) is 1. The van der Waals surface area contributed by atoms with E-state index in [9.17, 15) is 4.79 Å². The van der Waals surface area contributed by atoms with Gasteiger partial charge in [-0.3, -0.25) is 9.78 Å². The fourth-order valence-electron chi connectivity index (χ4n) is 1.98. The maximum atomic E-state index is 11.8. The number of nitrogens with one attached hydrogen (secondary N) is 1. The molecule has 0 saturated carbocycles. The average Bonchev–Trinajstić information content (AvgIpc) is 2.53. The Morgan fingerprint density at radius 3 is 2.95 bits per heavy atom. The third-order valence-corrected chi connectivity index (χ3v) is 3.60. The Bertz CT molecular complexity index is 648. The molecule has 1 aromatic heterocycles. The van der Waals surface area contributed by atoms with Crippen molar-refractivity contribution in [3.63, 3.8) is 0 Å². The highest BCUT2D eigenvalue weighted by Gasteiger charge is 2.18. The van der Waals surface area contributed by atoms with Gasteiger partial charge in [0.1, 0.15) is 0 Å². The molecule has 0 saturated heterocycles. The van der Waals surface area contributed by atoms with E-state index in [1.54, 1.807) is 12.4 Å². The lowest BCUT2D eigenvalue weighted by Gasteiger charge is -2.15. The van der Waals surface area contributed by atoms with Gasteiger partial charge in [0.2, 0.25) is 0 Å². The summed E-state index contributed by atoms with van der Waals surface area (Å²) < 4.78 is 0. The van der Waals surface area contributed by atoms with Crippen LogP contribution in [0.1, 0.15) is 25.8 Å². The molecule has 3 N–H and O–H groups in total. The molecule has 0 spiro atoms. The Morgan fingerprint density at radius 1 is 1.43 bits per heavy atom. The number of benzene rings is 1. The molecule has 0 aliphatic heterocycles. The molecule has 0 bridgehead atoms. The molecular weight excluding hydrogens is 264 g/mol. The van der Waals surface area contributed by atoms with E-state index in [-0.39, 0.29) is 11.8 Å². The van der Waals surface area contributed by atoms with Crippen LogP contribution >= 0.6 is 0 Å². The van der Waals surface area contributed by atoms with Gasteiger partial charge in [-0.05, 0) is 12.0 Å². The minimum Gasteiger partial charge on any atom is -0.320 e. The standard InChI is InChI=1S/C16H20N4O/c1-3-11(2)14(17)16(21)20-19-10-13-7-4-6-12-8-5-9-18-15(12)13/h4-11,14H,3,17H2,1-2H3,(H,20,21)/b19-10-/t11-,14+/m0/s1. The quantitative estimate of drug-likeness (QED) is 0.651. The summed E-state index contributed by atoms with van der Waals surface area (Å²) in [7, 11) is 0. The van der Waals surface area contributed by atoms with Gasteiger partial charge in [0.25, 0.3) is 5.91 Å². The molecule has 5 heteroatoms. The van der Waals surface area contributed by atoms with Gasteiger partial charge in [0.05, 0.1) is 17.8 Å².